The number of nitrogens with zero attached hydrogens (tertiary/aromatic N) is 4. The Kier molecular flexibility index (Phi) is 8.13. The van der Waals surface area contributed by atoms with Crippen molar-refractivity contribution in [2.45, 2.75) is 27.0 Å². The van der Waals surface area contributed by atoms with Crippen molar-refractivity contribution in [3.05, 3.63) is 88.9 Å². The average molecular weight is 471 g/mol. The van der Waals surface area contributed by atoms with Gasteiger partial charge < -0.3 is 9.64 Å². The van der Waals surface area contributed by atoms with Crippen molar-refractivity contribution in [2.75, 3.05) is 31.1 Å². The Hall–Kier alpha value is -3.40. The lowest BCUT2D eigenvalue weighted by Crippen LogP contribution is -2.45. The molecule has 3 aromatic carbocycles. The molecule has 0 saturated carbocycles. The van der Waals surface area contributed by atoms with Gasteiger partial charge in [0, 0.05) is 38.4 Å². The fourth-order valence-electron chi connectivity index (χ4n) is 4.09. The third kappa shape index (κ3) is 5.93. The lowest BCUT2D eigenvalue weighted by atomic mass is 10.1. The van der Waals surface area contributed by atoms with Crippen LogP contribution in [0, 0.1) is 11.3 Å². The summed E-state index contributed by atoms with van der Waals surface area (Å²) in [5, 5.41) is 9.51. The van der Waals surface area contributed by atoms with E-state index in [4.69, 9.17) is 10.00 Å². The van der Waals surface area contributed by atoms with Crippen molar-refractivity contribution in [3.8, 4) is 11.8 Å². The van der Waals surface area contributed by atoms with Gasteiger partial charge in [0.2, 0.25) is 0 Å². The molecule has 5 nitrogen and oxygen atoms in total. The number of nitriles is 1. The van der Waals surface area contributed by atoms with E-state index in [-0.39, 0.29) is 0 Å². The average Bonchev–Trinajstić information content (AvgIpc) is 3.33. The standard InChI is InChI=1S/C26H24N4OS.C2H6/c27-17-26-28-24-10-9-23(16-25(24)32-26)31-19-21-6-4-5-20(15-21)18-29-11-13-30(14-12-29)22-7-2-1-3-8-22;1-2/h1-10,15-16H,11-14,18-19H2;1-2H3. The van der Waals surface area contributed by atoms with Crippen LogP contribution in [-0.2, 0) is 13.2 Å². The second kappa shape index (κ2) is 11.6. The molecule has 4 aromatic rings. The maximum absolute atomic E-state index is 9.03. The topological polar surface area (TPSA) is 52.4 Å². The van der Waals surface area contributed by atoms with E-state index in [9.17, 15) is 0 Å². The van der Waals surface area contributed by atoms with Gasteiger partial charge in [-0.1, -0.05) is 56.3 Å². The highest BCUT2D eigenvalue weighted by molar-refractivity contribution is 7.19. The number of benzene rings is 3. The summed E-state index contributed by atoms with van der Waals surface area (Å²) in [7, 11) is 0. The predicted octanol–water partition coefficient (Wildman–Crippen LogP) is 6.10. The van der Waals surface area contributed by atoms with Crippen LogP contribution in [-0.4, -0.2) is 36.1 Å². The fraction of sp³-hybridized carbons (Fsp3) is 0.286. The van der Waals surface area contributed by atoms with Crippen LogP contribution in [0.2, 0.25) is 0 Å². The molecule has 0 radical (unpaired) electrons. The summed E-state index contributed by atoms with van der Waals surface area (Å²) < 4.78 is 7.00. The van der Waals surface area contributed by atoms with Gasteiger partial charge in [-0.25, -0.2) is 4.98 Å². The number of thiazole rings is 1. The van der Waals surface area contributed by atoms with Gasteiger partial charge in [0.15, 0.2) is 5.01 Å². The van der Waals surface area contributed by atoms with Crippen molar-refractivity contribution in [3.63, 3.8) is 0 Å². The maximum atomic E-state index is 9.03. The quantitative estimate of drug-likeness (QED) is 0.341. The second-order valence-electron chi connectivity index (χ2n) is 7.97. The Morgan fingerprint density at radius 3 is 2.44 bits per heavy atom. The molecule has 0 unspecified atom stereocenters. The van der Waals surface area contributed by atoms with Crippen molar-refractivity contribution in [1.82, 2.24) is 9.88 Å². The van der Waals surface area contributed by atoms with E-state index >= 15 is 0 Å². The van der Waals surface area contributed by atoms with E-state index in [2.05, 4.69) is 75.5 Å². The first-order chi connectivity index (χ1) is 16.8. The number of piperazine rings is 1. The highest BCUT2D eigenvalue weighted by Crippen LogP contribution is 2.26. The number of ether oxygens (including phenoxy) is 1. The molecule has 0 atom stereocenters. The predicted molar refractivity (Wildman–Crippen MR) is 140 cm³/mol. The fourth-order valence-corrected chi connectivity index (χ4v) is 4.88. The minimum Gasteiger partial charge on any atom is -0.489 e. The zero-order valence-electron chi connectivity index (χ0n) is 19.8. The summed E-state index contributed by atoms with van der Waals surface area (Å²) in [5.41, 5.74) is 4.63. The summed E-state index contributed by atoms with van der Waals surface area (Å²) >= 11 is 1.39. The molecular weight excluding hydrogens is 440 g/mol. The highest BCUT2D eigenvalue weighted by Gasteiger charge is 2.17. The molecule has 5 rings (SSSR count). The van der Waals surface area contributed by atoms with Crippen LogP contribution in [0.5, 0.6) is 5.75 Å². The van der Waals surface area contributed by atoms with Gasteiger partial charge in [-0.2, -0.15) is 5.26 Å². The molecule has 2 heterocycles. The Morgan fingerprint density at radius 2 is 1.68 bits per heavy atom. The van der Waals surface area contributed by atoms with Crippen LogP contribution in [0.15, 0.2) is 72.8 Å². The van der Waals surface area contributed by atoms with Crippen LogP contribution < -0.4 is 9.64 Å². The SMILES string of the molecule is CC.N#Cc1nc2ccc(OCc3cccc(CN4CCN(c5ccccc5)CC4)c3)cc2s1. The molecule has 0 bridgehead atoms. The number of hydrogen-bond acceptors (Lipinski definition) is 6. The molecule has 0 spiro atoms. The van der Waals surface area contributed by atoms with Gasteiger partial charge in [-0.3, -0.25) is 4.90 Å². The van der Waals surface area contributed by atoms with Gasteiger partial charge >= 0.3 is 0 Å². The summed E-state index contributed by atoms with van der Waals surface area (Å²) in [6, 6.07) is 27.2. The number of para-hydroxylation sites is 1. The number of fused-ring (bicyclic) bond motifs is 1. The van der Waals surface area contributed by atoms with Crippen LogP contribution in [0.4, 0.5) is 5.69 Å². The van der Waals surface area contributed by atoms with Crippen LogP contribution in [0.1, 0.15) is 30.0 Å². The molecule has 1 aliphatic heterocycles. The maximum Gasteiger partial charge on any atom is 0.195 e. The molecule has 0 N–H and O–H groups in total. The minimum absolute atomic E-state index is 0.481. The molecule has 1 aliphatic rings. The van der Waals surface area contributed by atoms with Crippen molar-refractivity contribution < 1.29 is 4.74 Å². The first-order valence-corrected chi connectivity index (χ1v) is 12.6. The Labute approximate surface area is 205 Å². The number of hydrogen-bond donors (Lipinski definition) is 0. The smallest absolute Gasteiger partial charge is 0.195 e. The summed E-state index contributed by atoms with van der Waals surface area (Å²) in [4.78, 5) is 9.25. The molecule has 1 aromatic heterocycles. The van der Waals surface area contributed by atoms with Gasteiger partial charge in [0.25, 0.3) is 0 Å². The number of anilines is 1. The highest BCUT2D eigenvalue weighted by atomic mass is 32.1. The van der Waals surface area contributed by atoms with Crippen molar-refractivity contribution in [1.29, 1.82) is 5.26 Å². The van der Waals surface area contributed by atoms with Crippen LogP contribution in [0.25, 0.3) is 10.2 Å². The van der Waals surface area contributed by atoms with Crippen molar-refractivity contribution >= 4 is 27.2 Å². The number of aromatic nitrogens is 1. The zero-order chi connectivity index (χ0) is 23.8. The van der Waals surface area contributed by atoms with Crippen LogP contribution in [0.3, 0.4) is 0 Å². The lowest BCUT2D eigenvalue weighted by molar-refractivity contribution is 0.249. The van der Waals surface area contributed by atoms with Gasteiger partial charge in [0.1, 0.15) is 18.4 Å². The van der Waals surface area contributed by atoms with Crippen molar-refractivity contribution in [2.24, 2.45) is 0 Å². The largest absolute Gasteiger partial charge is 0.489 e. The van der Waals surface area contributed by atoms with Gasteiger partial charge in [-0.15, -0.1) is 11.3 Å². The van der Waals surface area contributed by atoms with E-state index in [1.165, 1.54) is 22.6 Å². The van der Waals surface area contributed by atoms with Crippen LogP contribution >= 0.6 is 11.3 Å². The molecule has 6 heteroatoms. The molecule has 1 saturated heterocycles. The minimum atomic E-state index is 0.481. The first kappa shape index (κ1) is 23.7. The molecule has 174 valence electrons. The third-order valence-electron chi connectivity index (χ3n) is 5.75. The second-order valence-corrected chi connectivity index (χ2v) is 9.00. The number of rotatable bonds is 6. The molecule has 34 heavy (non-hydrogen) atoms. The Morgan fingerprint density at radius 1 is 0.912 bits per heavy atom. The van der Waals surface area contributed by atoms with Gasteiger partial charge in [0.05, 0.1) is 10.2 Å². The summed E-state index contributed by atoms with van der Waals surface area (Å²) in [6.45, 7) is 9.72. The molecular formula is C28H30N4OS. The Balaban J connectivity index is 0.00000133. The molecule has 0 amide bonds. The third-order valence-corrected chi connectivity index (χ3v) is 6.68. The van der Waals surface area contributed by atoms with E-state index in [0.29, 0.717) is 11.6 Å². The first-order valence-electron chi connectivity index (χ1n) is 11.8. The normalized spacial score (nSPS) is 13.7. The Bertz CT molecular complexity index is 1240. The van der Waals surface area contributed by atoms with E-state index in [0.717, 1.165) is 54.3 Å². The van der Waals surface area contributed by atoms with E-state index < -0.39 is 0 Å². The monoisotopic (exact) mass is 470 g/mol. The molecule has 1 fully saturated rings. The summed E-state index contributed by atoms with van der Waals surface area (Å²) in [6.07, 6.45) is 0. The molecule has 0 aliphatic carbocycles. The van der Waals surface area contributed by atoms with E-state index in [1.807, 2.05) is 32.0 Å². The summed E-state index contributed by atoms with van der Waals surface area (Å²) in [5.74, 6) is 0.799. The zero-order valence-corrected chi connectivity index (χ0v) is 20.6. The van der Waals surface area contributed by atoms with E-state index in [1.54, 1.807) is 0 Å². The van der Waals surface area contributed by atoms with Gasteiger partial charge in [-0.05, 0) is 41.5 Å². The lowest BCUT2D eigenvalue weighted by Gasteiger charge is -2.36.